The molecule has 0 aliphatic rings. The van der Waals surface area contributed by atoms with Gasteiger partial charge in [0.1, 0.15) is 5.82 Å². The van der Waals surface area contributed by atoms with Crippen molar-refractivity contribution in [2.24, 2.45) is 0 Å². The zero-order valence-corrected chi connectivity index (χ0v) is 14.2. The van der Waals surface area contributed by atoms with Crippen molar-refractivity contribution in [3.63, 3.8) is 0 Å². The third-order valence-corrected chi connectivity index (χ3v) is 4.00. The van der Waals surface area contributed by atoms with Gasteiger partial charge < -0.3 is 4.98 Å². The number of aromatic amines is 1. The Morgan fingerprint density at radius 2 is 1.48 bits per heavy atom. The fraction of sp³-hybridized carbons (Fsp3) is 0.391. The summed E-state index contributed by atoms with van der Waals surface area (Å²) in [7, 11) is -3.46. The Morgan fingerprint density at radius 1 is 0.879 bits per heavy atom. The van der Waals surface area contributed by atoms with E-state index in [1.807, 2.05) is 0 Å². The second-order valence-corrected chi connectivity index (χ2v) is 7.31. The van der Waals surface area contributed by atoms with Gasteiger partial charge in [0.25, 0.3) is 0 Å². The van der Waals surface area contributed by atoms with Gasteiger partial charge in [0.15, 0.2) is 0 Å². The molecular formula is C23H41F3N4O2S. The predicted molar refractivity (Wildman–Crippen MR) is 138 cm³/mol. The van der Waals surface area contributed by atoms with E-state index < -0.39 is 21.8 Å². The van der Waals surface area contributed by atoms with Crippen LogP contribution in [-0.2, 0) is 16.2 Å². The van der Waals surface area contributed by atoms with E-state index in [9.17, 15) is 21.6 Å². The van der Waals surface area contributed by atoms with Crippen molar-refractivity contribution in [2.45, 2.75) is 58.2 Å². The fourth-order valence-corrected chi connectivity index (χ4v) is 2.86. The molecule has 10 heteroatoms. The first kappa shape index (κ1) is 40.5. The number of rotatable bonds is 4. The van der Waals surface area contributed by atoms with Gasteiger partial charge in [-0.3, -0.25) is 9.71 Å². The number of alkyl halides is 3. The van der Waals surface area contributed by atoms with Crippen LogP contribution in [0.5, 0.6) is 0 Å². The van der Waals surface area contributed by atoms with Crippen LogP contribution in [0.2, 0.25) is 0 Å². The van der Waals surface area contributed by atoms with Crippen LogP contribution < -0.4 is 4.72 Å². The Morgan fingerprint density at radius 3 is 2.03 bits per heavy atom. The van der Waals surface area contributed by atoms with E-state index in [1.54, 1.807) is 0 Å². The monoisotopic (exact) mass is 494 g/mol. The Labute approximate surface area is 198 Å². The van der Waals surface area contributed by atoms with Crippen molar-refractivity contribution >= 4 is 15.7 Å². The topological polar surface area (TPSA) is 87.7 Å². The van der Waals surface area contributed by atoms with E-state index in [1.165, 1.54) is 36.8 Å². The van der Waals surface area contributed by atoms with Gasteiger partial charge in [0.05, 0.1) is 35.6 Å². The van der Waals surface area contributed by atoms with Crippen LogP contribution in [0, 0.1) is 0 Å². The molecule has 0 radical (unpaired) electrons. The highest BCUT2D eigenvalue weighted by Gasteiger charge is 2.30. The Kier molecular flexibility index (Phi) is 18.5. The molecule has 2 aromatic heterocycles. The van der Waals surface area contributed by atoms with Gasteiger partial charge in [-0.2, -0.15) is 13.2 Å². The number of nitrogens with zero attached hydrogens (tertiary/aromatic N) is 2. The van der Waals surface area contributed by atoms with Gasteiger partial charge in [-0.05, 0) is 18.2 Å². The third-order valence-electron chi connectivity index (χ3n) is 3.39. The molecule has 0 aliphatic carbocycles. The van der Waals surface area contributed by atoms with Crippen LogP contribution in [0.15, 0.2) is 48.9 Å². The summed E-state index contributed by atoms with van der Waals surface area (Å²) in [4.78, 5) is 11.0. The maximum atomic E-state index is 12.8. The molecule has 0 spiro atoms. The standard InChI is InChI=1S/C16H13F3N4O2S.7CH4/c1-26(24,25)23-13-6-11(7-20-8-13)15-21-9-14(22-15)10-3-2-4-12(5-10)16(17,18)19;;;;;;;/h2-9,23H,1H3,(H,21,22);7*1H4. The lowest BCUT2D eigenvalue weighted by Crippen LogP contribution is -2.09. The number of nitrogens with one attached hydrogen (secondary N) is 2. The highest BCUT2D eigenvalue weighted by molar-refractivity contribution is 7.92. The molecule has 0 bridgehead atoms. The first-order valence-corrected chi connectivity index (χ1v) is 9.17. The lowest BCUT2D eigenvalue weighted by atomic mass is 10.1. The molecular weight excluding hydrogens is 453 g/mol. The predicted octanol–water partition coefficient (Wildman–Crippen LogP) is 7.98. The van der Waals surface area contributed by atoms with Gasteiger partial charge >= 0.3 is 6.18 Å². The number of hydrogen-bond donors (Lipinski definition) is 2. The summed E-state index contributed by atoms with van der Waals surface area (Å²) in [6, 6.07) is 6.38. The zero-order valence-electron chi connectivity index (χ0n) is 13.4. The number of anilines is 1. The van der Waals surface area contributed by atoms with Crippen LogP contribution in [0.4, 0.5) is 18.9 Å². The molecule has 1 aromatic carbocycles. The van der Waals surface area contributed by atoms with E-state index in [0.29, 0.717) is 22.6 Å². The number of sulfonamides is 1. The minimum absolute atomic E-state index is 0. The summed E-state index contributed by atoms with van der Waals surface area (Å²) < 4.78 is 63.4. The quantitative estimate of drug-likeness (QED) is 0.385. The van der Waals surface area contributed by atoms with Crippen LogP contribution >= 0.6 is 0 Å². The van der Waals surface area contributed by atoms with E-state index >= 15 is 0 Å². The summed E-state index contributed by atoms with van der Waals surface area (Å²) in [6.07, 6.45) is 0.775. The molecule has 33 heavy (non-hydrogen) atoms. The molecule has 2 heterocycles. The third kappa shape index (κ3) is 10.5. The first-order valence-electron chi connectivity index (χ1n) is 7.28. The van der Waals surface area contributed by atoms with Gasteiger partial charge in [-0.15, -0.1) is 0 Å². The van der Waals surface area contributed by atoms with Gasteiger partial charge in [-0.25, -0.2) is 13.4 Å². The highest BCUT2D eigenvalue weighted by Crippen LogP contribution is 2.32. The summed E-state index contributed by atoms with van der Waals surface area (Å²) in [5.41, 5.74) is 0.704. The molecule has 0 amide bonds. The molecule has 0 unspecified atom stereocenters. The Hall–Kier alpha value is -2.88. The lowest BCUT2D eigenvalue weighted by molar-refractivity contribution is -0.137. The number of hydrogen-bond acceptors (Lipinski definition) is 4. The van der Waals surface area contributed by atoms with Crippen molar-refractivity contribution < 1.29 is 21.6 Å². The average molecular weight is 495 g/mol. The smallest absolute Gasteiger partial charge is 0.338 e. The van der Waals surface area contributed by atoms with Crippen molar-refractivity contribution in [1.29, 1.82) is 0 Å². The largest absolute Gasteiger partial charge is 0.416 e. The minimum atomic E-state index is -4.44. The van der Waals surface area contributed by atoms with Gasteiger partial charge in [0, 0.05) is 17.3 Å². The van der Waals surface area contributed by atoms with Crippen LogP contribution in [-0.4, -0.2) is 29.6 Å². The maximum absolute atomic E-state index is 12.8. The van der Waals surface area contributed by atoms with Gasteiger partial charge in [0.2, 0.25) is 10.0 Å². The molecule has 0 aliphatic heterocycles. The van der Waals surface area contributed by atoms with Crippen LogP contribution in [0.3, 0.4) is 0 Å². The van der Waals surface area contributed by atoms with E-state index in [-0.39, 0.29) is 57.7 Å². The van der Waals surface area contributed by atoms with Crippen LogP contribution in [0.25, 0.3) is 22.6 Å². The van der Waals surface area contributed by atoms with Crippen molar-refractivity contribution in [3.05, 3.63) is 54.5 Å². The number of halogens is 3. The van der Waals surface area contributed by atoms with Crippen molar-refractivity contribution in [1.82, 2.24) is 15.0 Å². The molecule has 3 aromatic rings. The van der Waals surface area contributed by atoms with Crippen molar-refractivity contribution in [2.75, 3.05) is 11.0 Å². The van der Waals surface area contributed by atoms with E-state index in [0.717, 1.165) is 18.4 Å². The number of benzene rings is 1. The summed E-state index contributed by atoms with van der Waals surface area (Å²) in [6.45, 7) is 0. The minimum Gasteiger partial charge on any atom is -0.338 e. The van der Waals surface area contributed by atoms with E-state index in [2.05, 4.69) is 19.7 Å². The fourth-order valence-electron chi connectivity index (χ4n) is 2.32. The Bertz CT molecular complexity index is 1050. The molecule has 192 valence electrons. The van der Waals surface area contributed by atoms with Crippen LogP contribution in [0.1, 0.15) is 57.6 Å². The molecule has 0 saturated carbocycles. The SMILES string of the molecule is C.C.C.C.C.C.C.CS(=O)(=O)Nc1cncc(-c2ncc(-c3cccc(C(F)(F)F)c3)[nH]2)c1. The normalized spacial score (nSPS) is 9.58. The molecule has 6 nitrogen and oxygen atoms in total. The zero-order chi connectivity index (χ0) is 18.9. The summed E-state index contributed by atoms with van der Waals surface area (Å²) >= 11 is 0. The number of pyridine rings is 1. The highest BCUT2D eigenvalue weighted by atomic mass is 32.2. The number of H-pyrrole nitrogens is 1. The first-order chi connectivity index (χ1) is 12.1. The Balaban J connectivity index is -0.000000373. The second kappa shape index (κ2) is 15.0. The van der Waals surface area contributed by atoms with E-state index in [4.69, 9.17) is 0 Å². The summed E-state index contributed by atoms with van der Waals surface area (Å²) in [5.74, 6) is 0.349. The number of imidazole rings is 1. The average Bonchev–Trinajstić information content (AvgIpc) is 3.03. The molecule has 0 atom stereocenters. The van der Waals surface area contributed by atoms with Gasteiger partial charge in [-0.1, -0.05) is 64.1 Å². The summed E-state index contributed by atoms with van der Waals surface area (Å²) in [5, 5.41) is 0. The molecule has 2 N–H and O–H groups in total. The molecule has 0 saturated heterocycles. The number of aromatic nitrogens is 3. The van der Waals surface area contributed by atoms with Crippen molar-refractivity contribution in [3.8, 4) is 22.6 Å². The lowest BCUT2D eigenvalue weighted by Gasteiger charge is -2.07. The second-order valence-electron chi connectivity index (χ2n) is 5.56. The maximum Gasteiger partial charge on any atom is 0.416 e. The molecule has 0 fully saturated rings. The molecule has 3 rings (SSSR count).